The van der Waals surface area contributed by atoms with Gasteiger partial charge in [-0.25, -0.2) is 0 Å². The van der Waals surface area contributed by atoms with Gasteiger partial charge in [0.2, 0.25) is 0 Å². The van der Waals surface area contributed by atoms with E-state index in [-0.39, 0.29) is 13.6 Å². The minimum atomic E-state index is -0.315. The summed E-state index contributed by atoms with van der Waals surface area (Å²) < 4.78 is 0. The van der Waals surface area contributed by atoms with E-state index in [0.29, 0.717) is 5.92 Å². The second-order valence-electron chi connectivity index (χ2n) is 7.39. The van der Waals surface area contributed by atoms with Crippen molar-refractivity contribution in [2.75, 3.05) is 0 Å². The Bertz CT molecular complexity index is 1210. The van der Waals surface area contributed by atoms with Crippen LogP contribution in [0.2, 0.25) is 0 Å². The third kappa shape index (κ3) is 2.66. The molecule has 1 aliphatic heterocycles. The lowest BCUT2D eigenvalue weighted by Crippen LogP contribution is -2.08. The Labute approximate surface area is 161 Å². The summed E-state index contributed by atoms with van der Waals surface area (Å²) in [5, 5.41) is 5.84. The molecule has 0 bridgehead atoms. The van der Waals surface area contributed by atoms with Crippen LogP contribution >= 0.6 is 7.53 Å². The van der Waals surface area contributed by atoms with Crippen molar-refractivity contribution in [3.63, 3.8) is 0 Å². The third-order valence-corrected chi connectivity index (χ3v) is 7.98. The Morgan fingerprint density at radius 3 is 2.59 bits per heavy atom. The van der Waals surface area contributed by atoms with E-state index in [1.165, 1.54) is 37.7 Å². The molecule has 1 aliphatic rings. The smallest absolute Gasteiger partial charge is 0.0809 e. The normalized spacial score (nSPS) is 19.9. The van der Waals surface area contributed by atoms with Crippen molar-refractivity contribution in [3.8, 4) is 11.1 Å². The van der Waals surface area contributed by atoms with Gasteiger partial charge >= 0.3 is 0 Å². The zero-order valence-corrected chi connectivity index (χ0v) is 16.5. The van der Waals surface area contributed by atoms with Crippen molar-refractivity contribution < 1.29 is 0 Å². The maximum Gasteiger partial charge on any atom is 0.0809 e. The Balaban J connectivity index is 1.72. The van der Waals surface area contributed by atoms with Crippen molar-refractivity contribution in [2.45, 2.75) is 13.0 Å². The van der Waals surface area contributed by atoms with E-state index in [2.05, 4.69) is 92.5 Å². The van der Waals surface area contributed by atoms with Gasteiger partial charge in [0, 0.05) is 22.4 Å². The fourth-order valence-electron chi connectivity index (χ4n) is 4.36. The number of aliphatic imine (C=N–C) groups is 1. The van der Waals surface area contributed by atoms with E-state index in [0.717, 1.165) is 0 Å². The minimum absolute atomic E-state index is 0.215. The molecule has 0 N–H and O–H groups in total. The summed E-state index contributed by atoms with van der Waals surface area (Å²) >= 11 is 0. The van der Waals surface area contributed by atoms with Crippen LogP contribution in [0.15, 0.2) is 83.9 Å². The number of dihydropyridines is 1. The van der Waals surface area contributed by atoms with Crippen LogP contribution in [0.25, 0.3) is 32.1 Å². The van der Waals surface area contributed by atoms with Crippen molar-refractivity contribution in [1.82, 2.24) is 0 Å². The van der Waals surface area contributed by atoms with Gasteiger partial charge in [-0.3, -0.25) is 4.99 Å². The number of hydrogen-bond acceptors (Lipinski definition) is 1. The lowest BCUT2D eigenvalue weighted by atomic mass is 9.91. The van der Waals surface area contributed by atoms with Crippen molar-refractivity contribution in [1.29, 1.82) is 0 Å². The Morgan fingerprint density at radius 1 is 0.889 bits per heavy atom. The first-order chi connectivity index (χ1) is 13.2. The molecule has 3 unspecified atom stereocenters. The number of nitrogens with zero attached hydrogens (tertiary/aromatic N) is 1. The molecule has 1 aromatic heterocycles. The molecule has 3 atom stereocenters. The van der Waals surface area contributed by atoms with Crippen molar-refractivity contribution in [3.05, 3.63) is 84.4 Å². The molecule has 27 heavy (non-hydrogen) atoms. The lowest BCUT2D eigenvalue weighted by molar-refractivity contribution is 0.566. The molecular formula is C25H22NP. The summed E-state index contributed by atoms with van der Waals surface area (Å²) in [7, 11) is -0.315. The molecule has 4 aromatic rings. The summed E-state index contributed by atoms with van der Waals surface area (Å²) in [5.74, 6) is 0.430. The molecule has 5 rings (SSSR count). The summed E-state index contributed by atoms with van der Waals surface area (Å²) in [6.07, 6.45) is 6.22. The largest absolute Gasteiger partial charge is 0.285 e. The second-order valence-corrected chi connectivity index (χ2v) is 9.44. The van der Waals surface area contributed by atoms with Crippen LogP contribution in [0.1, 0.15) is 18.5 Å². The second kappa shape index (κ2) is 6.51. The monoisotopic (exact) mass is 367 g/mol. The van der Waals surface area contributed by atoms with Gasteiger partial charge in [-0.1, -0.05) is 73.7 Å². The van der Waals surface area contributed by atoms with E-state index in [9.17, 15) is 0 Å². The zero-order chi connectivity index (χ0) is 18.4. The van der Waals surface area contributed by atoms with Crippen molar-refractivity contribution >= 4 is 34.8 Å². The first-order valence-corrected chi connectivity index (χ1v) is 11.3. The summed E-state index contributed by atoms with van der Waals surface area (Å²) in [6, 6.07) is 24.9. The molecule has 0 saturated carbocycles. The molecule has 1 nitrogen and oxygen atoms in total. The van der Waals surface area contributed by atoms with Crippen LogP contribution in [0.3, 0.4) is 0 Å². The molecule has 2 heteroatoms. The molecule has 3 aromatic carbocycles. The molecule has 0 spiro atoms. The number of allylic oxidation sites excluding steroid dienone is 1. The predicted octanol–water partition coefficient (Wildman–Crippen LogP) is 7.50. The zero-order valence-electron chi connectivity index (χ0n) is 15.6. The maximum absolute atomic E-state index is 4.73. The Hall–Kier alpha value is -2.63. The van der Waals surface area contributed by atoms with Gasteiger partial charge in [0.25, 0.3) is 0 Å². The average molecular weight is 367 g/mol. The predicted molar refractivity (Wildman–Crippen MR) is 120 cm³/mol. The molecule has 0 saturated heterocycles. The van der Waals surface area contributed by atoms with Crippen molar-refractivity contribution in [2.24, 2.45) is 17.6 Å². The molecule has 0 radical (unpaired) electrons. The van der Waals surface area contributed by atoms with Gasteiger partial charge in [-0.2, -0.15) is 0 Å². The van der Waals surface area contributed by atoms with Gasteiger partial charge in [0.15, 0.2) is 0 Å². The summed E-state index contributed by atoms with van der Waals surface area (Å²) in [5.41, 5.74) is 3.99. The highest BCUT2D eigenvalue weighted by atomic mass is 31.1. The average Bonchev–Trinajstić information content (AvgIpc) is 3.01. The standard InChI is InChI=1S/C25H22NP/c1-17-8-7-15-26-24(17)19-10-5-9-18(16-19)20-12-6-13-22-21-11-3-4-14-23(21)27(2)25(20)22/h3-17,24H,1-2H3. The molecule has 132 valence electrons. The van der Waals surface area contributed by atoms with E-state index in [1.54, 1.807) is 0 Å². The summed E-state index contributed by atoms with van der Waals surface area (Å²) in [6.45, 7) is 4.64. The first-order valence-electron chi connectivity index (χ1n) is 9.50. The Kier molecular flexibility index (Phi) is 3.99. The molecule has 0 aliphatic carbocycles. The van der Waals surface area contributed by atoms with Gasteiger partial charge in [-0.15, -0.1) is 7.53 Å². The molecule has 2 heterocycles. The highest BCUT2D eigenvalue weighted by molar-refractivity contribution is 7.60. The lowest BCUT2D eigenvalue weighted by Gasteiger charge is -2.21. The topological polar surface area (TPSA) is 12.4 Å². The van der Waals surface area contributed by atoms with Gasteiger partial charge < -0.3 is 0 Å². The first kappa shape index (κ1) is 16.5. The van der Waals surface area contributed by atoms with Crippen LogP contribution in [0.5, 0.6) is 0 Å². The fourth-order valence-corrected chi connectivity index (χ4v) is 6.59. The third-order valence-electron chi connectivity index (χ3n) is 5.71. The highest BCUT2D eigenvalue weighted by Crippen LogP contribution is 2.50. The molecule has 0 fully saturated rings. The van der Waals surface area contributed by atoms with Crippen LogP contribution in [0.4, 0.5) is 0 Å². The SMILES string of the molecule is CC1C=CC=NC1c1cccc(-c2cccc3c4ccccc4p(C)c23)c1. The van der Waals surface area contributed by atoms with E-state index in [4.69, 9.17) is 4.99 Å². The number of rotatable bonds is 2. The minimum Gasteiger partial charge on any atom is -0.285 e. The number of aryl methyl sites for hydroxylation is 1. The van der Waals surface area contributed by atoms with Crippen LogP contribution < -0.4 is 0 Å². The van der Waals surface area contributed by atoms with Gasteiger partial charge in [-0.05, 0) is 46.3 Å². The molecular weight excluding hydrogens is 345 g/mol. The van der Waals surface area contributed by atoms with Gasteiger partial charge in [0.1, 0.15) is 0 Å². The Morgan fingerprint density at radius 2 is 1.70 bits per heavy atom. The van der Waals surface area contributed by atoms with Gasteiger partial charge in [0.05, 0.1) is 6.04 Å². The van der Waals surface area contributed by atoms with E-state index >= 15 is 0 Å². The molecule has 0 amide bonds. The fraction of sp³-hybridized carbons (Fsp3) is 0.160. The summed E-state index contributed by atoms with van der Waals surface area (Å²) in [4.78, 5) is 4.73. The number of hydrogen-bond donors (Lipinski definition) is 0. The van der Waals surface area contributed by atoms with E-state index in [1.807, 2.05) is 6.21 Å². The quantitative estimate of drug-likeness (QED) is 0.348. The van der Waals surface area contributed by atoms with E-state index < -0.39 is 0 Å². The van der Waals surface area contributed by atoms with Crippen LogP contribution in [0, 0.1) is 5.92 Å². The highest BCUT2D eigenvalue weighted by Gasteiger charge is 2.19. The number of benzene rings is 3. The maximum atomic E-state index is 4.73. The number of fused-ring (bicyclic) bond motifs is 3. The van der Waals surface area contributed by atoms with Crippen LogP contribution in [-0.4, -0.2) is 6.21 Å². The van der Waals surface area contributed by atoms with Crippen LogP contribution in [-0.2, 0) is 6.66 Å².